The molecule has 0 aliphatic rings. The molecule has 114 valence electrons. The van der Waals surface area contributed by atoms with Gasteiger partial charge < -0.3 is 14.8 Å². The number of aryl methyl sites for hydroxylation is 1. The highest BCUT2D eigenvalue weighted by molar-refractivity contribution is 5.81. The number of carbonyl (C=O) groups is 1. The van der Waals surface area contributed by atoms with Crippen LogP contribution in [0.25, 0.3) is 11.0 Å². The fourth-order valence-electron chi connectivity index (χ4n) is 2.35. The Hall–Kier alpha value is -1.88. The maximum atomic E-state index is 11.7. The first kappa shape index (κ1) is 15.5. The number of hydrogen-bond acceptors (Lipinski definition) is 3. The van der Waals surface area contributed by atoms with Crippen LogP contribution in [0.4, 0.5) is 0 Å². The largest absolute Gasteiger partial charge is 0.349 e. The number of carbonyl (C=O) groups excluding carboxylic acids is 1. The van der Waals surface area contributed by atoms with Gasteiger partial charge in [-0.2, -0.15) is 0 Å². The Kier molecular flexibility index (Phi) is 5.33. The number of nitrogens with zero attached hydrogens (tertiary/aromatic N) is 3. The Morgan fingerprint density at radius 2 is 2.24 bits per heavy atom. The van der Waals surface area contributed by atoms with E-state index in [1.165, 1.54) is 10.9 Å². The van der Waals surface area contributed by atoms with Gasteiger partial charge in [0.15, 0.2) is 0 Å². The van der Waals surface area contributed by atoms with Crippen LogP contribution in [-0.4, -0.2) is 41.0 Å². The maximum absolute atomic E-state index is 11.7. The molecule has 21 heavy (non-hydrogen) atoms. The van der Waals surface area contributed by atoms with E-state index >= 15 is 0 Å². The highest BCUT2D eigenvalue weighted by Crippen LogP contribution is 2.19. The second kappa shape index (κ2) is 7.22. The van der Waals surface area contributed by atoms with E-state index in [0.717, 1.165) is 25.2 Å². The lowest BCUT2D eigenvalue weighted by atomic mass is 10.2. The molecule has 0 saturated heterocycles. The lowest BCUT2D eigenvalue weighted by Gasteiger charge is -2.10. The van der Waals surface area contributed by atoms with Crippen molar-refractivity contribution >= 4 is 16.9 Å². The van der Waals surface area contributed by atoms with E-state index in [2.05, 4.69) is 34.1 Å². The molecule has 1 N–H and O–H groups in total. The predicted octanol–water partition coefficient (Wildman–Crippen LogP) is 2.01. The van der Waals surface area contributed by atoms with Crippen LogP contribution in [0, 0.1) is 0 Å². The third kappa shape index (κ3) is 3.82. The van der Waals surface area contributed by atoms with Crippen LogP contribution in [0.2, 0.25) is 0 Å². The third-order valence-corrected chi connectivity index (χ3v) is 3.52. The summed E-state index contributed by atoms with van der Waals surface area (Å²) in [5.41, 5.74) is 2.20. The van der Waals surface area contributed by atoms with Gasteiger partial charge in [0.25, 0.3) is 0 Å². The minimum absolute atomic E-state index is 0.137. The molecule has 0 aromatic carbocycles. The Morgan fingerprint density at radius 1 is 1.43 bits per heavy atom. The van der Waals surface area contributed by atoms with Crippen molar-refractivity contribution in [3.8, 4) is 0 Å². The average Bonchev–Trinajstić information content (AvgIpc) is 2.83. The smallest absolute Gasteiger partial charge is 0.223 e. The minimum atomic E-state index is 0.137. The van der Waals surface area contributed by atoms with E-state index in [1.807, 2.05) is 6.07 Å². The number of rotatable bonds is 7. The van der Waals surface area contributed by atoms with Crippen molar-refractivity contribution in [2.75, 3.05) is 20.6 Å². The summed E-state index contributed by atoms with van der Waals surface area (Å²) in [5, 5.41) is 4.59. The van der Waals surface area contributed by atoms with Crippen LogP contribution < -0.4 is 5.32 Å². The summed E-state index contributed by atoms with van der Waals surface area (Å²) < 4.78 is 2.08. The highest BCUT2D eigenvalue weighted by Gasteiger charge is 2.11. The molecule has 0 radical (unpaired) electrons. The second-order valence-corrected chi connectivity index (χ2v) is 5.44. The molecule has 0 unspecified atom stereocenters. The molecule has 0 saturated carbocycles. The van der Waals surface area contributed by atoms with Gasteiger partial charge in [-0.15, -0.1) is 0 Å². The van der Waals surface area contributed by atoms with Gasteiger partial charge >= 0.3 is 0 Å². The third-order valence-electron chi connectivity index (χ3n) is 3.52. The van der Waals surface area contributed by atoms with Crippen molar-refractivity contribution in [1.82, 2.24) is 19.8 Å². The summed E-state index contributed by atoms with van der Waals surface area (Å²) in [5.74, 6) is 0.137. The highest BCUT2D eigenvalue weighted by atomic mass is 16.2. The first-order chi connectivity index (χ1) is 10.1. The van der Waals surface area contributed by atoms with Gasteiger partial charge in [-0.3, -0.25) is 4.79 Å². The maximum Gasteiger partial charge on any atom is 0.223 e. The van der Waals surface area contributed by atoms with E-state index in [1.54, 1.807) is 25.2 Å². The SMILES string of the molecule is CCCNCc1cn(CCC(=O)N(C)C)c2ncccc12. The zero-order chi connectivity index (χ0) is 15.2. The van der Waals surface area contributed by atoms with Crippen molar-refractivity contribution in [3.63, 3.8) is 0 Å². The van der Waals surface area contributed by atoms with E-state index < -0.39 is 0 Å². The number of aromatic nitrogens is 2. The molecule has 5 nitrogen and oxygen atoms in total. The van der Waals surface area contributed by atoms with Crippen LogP contribution in [0.5, 0.6) is 0 Å². The molecule has 0 aliphatic heterocycles. The van der Waals surface area contributed by atoms with E-state index in [-0.39, 0.29) is 5.91 Å². The molecule has 2 aromatic rings. The van der Waals surface area contributed by atoms with Gasteiger partial charge in [-0.1, -0.05) is 6.92 Å². The number of pyridine rings is 1. The quantitative estimate of drug-likeness (QED) is 0.793. The molecular formula is C16H24N4O. The van der Waals surface area contributed by atoms with Crippen molar-refractivity contribution in [3.05, 3.63) is 30.1 Å². The molecular weight excluding hydrogens is 264 g/mol. The molecule has 2 heterocycles. The van der Waals surface area contributed by atoms with Gasteiger partial charge in [0.1, 0.15) is 5.65 Å². The Bertz CT molecular complexity index is 603. The van der Waals surface area contributed by atoms with Crippen LogP contribution in [0.3, 0.4) is 0 Å². The lowest BCUT2D eigenvalue weighted by molar-refractivity contribution is -0.128. The topological polar surface area (TPSA) is 50.2 Å². The molecule has 1 amide bonds. The lowest BCUT2D eigenvalue weighted by Crippen LogP contribution is -2.22. The summed E-state index contributed by atoms with van der Waals surface area (Å²) in [6.07, 6.45) is 5.53. The summed E-state index contributed by atoms with van der Waals surface area (Å²) >= 11 is 0. The Balaban J connectivity index is 2.17. The van der Waals surface area contributed by atoms with Crippen LogP contribution >= 0.6 is 0 Å². The Labute approximate surface area is 126 Å². The van der Waals surface area contributed by atoms with Crippen molar-refractivity contribution in [1.29, 1.82) is 0 Å². The monoisotopic (exact) mass is 288 g/mol. The molecule has 0 spiro atoms. The molecule has 5 heteroatoms. The summed E-state index contributed by atoms with van der Waals surface area (Å²) in [4.78, 5) is 17.8. The summed E-state index contributed by atoms with van der Waals surface area (Å²) in [7, 11) is 3.57. The van der Waals surface area contributed by atoms with Gasteiger partial charge in [0.2, 0.25) is 5.91 Å². The van der Waals surface area contributed by atoms with E-state index in [9.17, 15) is 4.79 Å². The summed E-state index contributed by atoms with van der Waals surface area (Å²) in [6.45, 7) is 4.67. The predicted molar refractivity (Wildman–Crippen MR) is 85.0 cm³/mol. The minimum Gasteiger partial charge on any atom is -0.349 e. The van der Waals surface area contributed by atoms with Crippen molar-refractivity contribution in [2.45, 2.75) is 32.9 Å². The first-order valence-electron chi connectivity index (χ1n) is 7.47. The zero-order valence-electron chi connectivity index (χ0n) is 13.1. The average molecular weight is 288 g/mol. The second-order valence-electron chi connectivity index (χ2n) is 5.44. The number of fused-ring (bicyclic) bond motifs is 1. The Morgan fingerprint density at radius 3 is 2.95 bits per heavy atom. The van der Waals surface area contributed by atoms with Crippen molar-refractivity contribution < 1.29 is 4.79 Å². The fraction of sp³-hybridized carbons (Fsp3) is 0.500. The van der Waals surface area contributed by atoms with Gasteiger partial charge in [0.05, 0.1) is 0 Å². The molecule has 0 atom stereocenters. The fourth-order valence-corrected chi connectivity index (χ4v) is 2.35. The zero-order valence-corrected chi connectivity index (χ0v) is 13.1. The number of amides is 1. The van der Waals surface area contributed by atoms with Crippen LogP contribution in [0.15, 0.2) is 24.5 Å². The van der Waals surface area contributed by atoms with E-state index in [4.69, 9.17) is 0 Å². The number of hydrogen-bond donors (Lipinski definition) is 1. The van der Waals surface area contributed by atoms with Gasteiger partial charge in [-0.05, 0) is 30.7 Å². The van der Waals surface area contributed by atoms with E-state index in [0.29, 0.717) is 13.0 Å². The molecule has 0 aliphatic carbocycles. The summed E-state index contributed by atoms with van der Waals surface area (Å²) in [6, 6.07) is 4.05. The van der Waals surface area contributed by atoms with Crippen LogP contribution in [-0.2, 0) is 17.9 Å². The molecule has 2 rings (SSSR count). The molecule has 0 fully saturated rings. The number of nitrogens with one attached hydrogen (secondary N) is 1. The van der Waals surface area contributed by atoms with Crippen LogP contribution in [0.1, 0.15) is 25.3 Å². The van der Waals surface area contributed by atoms with Gasteiger partial charge in [-0.25, -0.2) is 4.98 Å². The molecule has 0 bridgehead atoms. The first-order valence-corrected chi connectivity index (χ1v) is 7.47. The van der Waals surface area contributed by atoms with Gasteiger partial charge in [0, 0.05) is 51.4 Å². The molecule has 2 aromatic heterocycles. The normalized spacial score (nSPS) is 11.0. The standard InChI is InChI=1S/C16H24N4O/c1-4-8-17-11-13-12-20(10-7-15(21)19(2)3)16-14(13)6-5-9-18-16/h5-6,9,12,17H,4,7-8,10-11H2,1-3H3. The van der Waals surface area contributed by atoms with Crippen molar-refractivity contribution in [2.24, 2.45) is 0 Å².